The Bertz CT molecular complexity index is 966. The molecule has 0 aromatic heterocycles. The van der Waals surface area contributed by atoms with Gasteiger partial charge in [-0.25, -0.2) is 0 Å². The average Bonchev–Trinajstić information content (AvgIpc) is 2.76. The minimum absolute atomic E-state index is 0.103. The van der Waals surface area contributed by atoms with Crippen LogP contribution in [0, 0.1) is 5.92 Å². The largest absolute Gasteiger partial charge is 0.373 e. The van der Waals surface area contributed by atoms with Gasteiger partial charge in [0.15, 0.2) is 5.12 Å². The fourth-order valence-electron chi connectivity index (χ4n) is 4.25. The fraction of sp³-hybridized carbons (Fsp3) is 0.480. The molecule has 0 aliphatic carbocycles. The summed E-state index contributed by atoms with van der Waals surface area (Å²) >= 11 is 1.30. The molecular weight excluding hydrogens is 408 g/mol. The van der Waals surface area contributed by atoms with Gasteiger partial charge in [-0.1, -0.05) is 57.0 Å². The molecule has 3 rings (SSSR count). The van der Waals surface area contributed by atoms with Crippen LogP contribution in [0.5, 0.6) is 0 Å². The lowest BCUT2D eigenvalue weighted by Crippen LogP contribution is -2.43. The third kappa shape index (κ3) is 4.95. The second kappa shape index (κ2) is 10.3. The number of carbonyl (C=O) groups excluding carboxylic acids is 3. The summed E-state index contributed by atoms with van der Waals surface area (Å²) in [5.74, 6) is 0.643. The molecule has 0 N–H and O–H groups in total. The Morgan fingerprint density at radius 2 is 1.81 bits per heavy atom. The predicted octanol–water partition coefficient (Wildman–Crippen LogP) is 5.37. The number of carbonyl (C=O) groups is 3. The van der Waals surface area contributed by atoms with Gasteiger partial charge in [-0.15, -0.1) is 0 Å². The van der Waals surface area contributed by atoms with Gasteiger partial charge in [0.2, 0.25) is 0 Å². The van der Waals surface area contributed by atoms with E-state index < -0.39 is 0 Å². The van der Waals surface area contributed by atoms with Crippen molar-refractivity contribution in [2.75, 3.05) is 30.8 Å². The van der Waals surface area contributed by atoms with Crippen molar-refractivity contribution >= 4 is 45.2 Å². The minimum atomic E-state index is -0.190. The van der Waals surface area contributed by atoms with Crippen LogP contribution in [0.3, 0.4) is 0 Å². The van der Waals surface area contributed by atoms with Crippen molar-refractivity contribution in [1.82, 2.24) is 4.90 Å². The van der Waals surface area contributed by atoms with Crippen LogP contribution in [0.1, 0.15) is 67.2 Å². The Hall–Kier alpha value is -2.34. The molecule has 1 unspecified atom stereocenters. The van der Waals surface area contributed by atoms with Crippen molar-refractivity contribution in [3.05, 3.63) is 41.5 Å². The van der Waals surface area contributed by atoms with E-state index in [4.69, 9.17) is 0 Å². The maximum Gasteiger partial charge on any atom is 0.261 e. The van der Waals surface area contributed by atoms with Crippen molar-refractivity contribution < 1.29 is 14.4 Å². The van der Waals surface area contributed by atoms with Crippen molar-refractivity contribution in [3.8, 4) is 0 Å². The van der Waals surface area contributed by atoms with Crippen molar-refractivity contribution in [2.24, 2.45) is 5.92 Å². The number of imide groups is 1. The molecule has 166 valence electrons. The number of hydrogen-bond acceptors (Lipinski definition) is 5. The van der Waals surface area contributed by atoms with Crippen LogP contribution in [0.2, 0.25) is 0 Å². The Balaban J connectivity index is 1.93. The van der Waals surface area contributed by atoms with E-state index in [1.54, 1.807) is 6.92 Å². The van der Waals surface area contributed by atoms with Crippen molar-refractivity contribution in [2.45, 2.75) is 46.5 Å². The van der Waals surface area contributed by atoms with Gasteiger partial charge in [-0.2, -0.15) is 0 Å². The second-order valence-corrected chi connectivity index (χ2v) is 9.53. The smallest absolute Gasteiger partial charge is 0.261 e. The number of anilines is 1. The zero-order valence-corrected chi connectivity index (χ0v) is 19.8. The lowest BCUT2D eigenvalue weighted by Gasteiger charge is -2.31. The zero-order valence-electron chi connectivity index (χ0n) is 18.9. The molecule has 0 fully saturated rings. The molecule has 0 saturated carbocycles. The number of benzene rings is 2. The van der Waals surface area contributed by atoms with Gasteiger partial charge in [0.1, 0.15) is 0 Å². The van der Waals surface area contributed by atoms with Crippen LogP contribution < -0.4 is 4.90 Å². The molecule has 2 amide bonds. The molecule has 0 bridgehead atoms. The zero-order chi connectivity index (χ0) is 22.5. The van der Waals surface area contributed by atoms with E-state index in [0.717, 1.165) is 42.1 Å². The summed E-state index contributed by atoms with van der Waals surface area (Å²) in [6.07, 6.45) is 4.21. The van der Waals surface area contributed by atoms with Gasteiger partial charge < -0.3 is 4.90 Å². The lowest BCUT2D eigenvalue weighted by atomic mass is 9.91. The van der Waals surface area contributed by atoms with Gasteiger partial charge in [0.05, 0.1) is 0 Å². The third-order valence-electron chi connectivity index (χ3n) is 6.10. The van der Waals surface area contributed by atoms with Crippen LogP contribution in [-0.4, -0.2) is 47.7 Å². The van der Waals surface area contributed by atoms with Gasteiger partial charge in [0, 0.05) is 60.4 Å². The summed E-state index contributed by atoms with van der Waals surface area (Å²) in [5, 5.41) is 1.76. The van der Waals surface area contributed by atoms with E-state index in [2.05, 4.69) is 18.7 Å². The monoisotopic (exact) mass is 440 g/mol. The molecule has 2 aromatic carbocycles. The summed E-state index contributed by atoms with van der Waals surface area (Å²) in [4.78, 5) is 41.4. The molecule has 1 aliphatic rings. The molecule has 2 aromatic rings. The maximum atomic E-state index is 13.3. The molecular formula is C25H32N2O3S. The topological polar surface area (TPSA) is 57.7 Å². The number of nitrogens with zero attached hydrogens (tertiary/aromatic N) is 2. The summed E-state index contributed by atoms with van der Waals surface area (Å²) in [7, 11) is 1.98. The Morgan fingerprint density at radius 1 is 1.10 bits per heavy atom. The normalized spacial score (nSPS) is 14.3. The van der Waals surface area contributed by atoms with Crippen molar-refractivity contribution in [1.29, 1.82) is 0 Å². The quantitative estimate of drug-likeness (QED) is 0.465. The van der Waals surface area contributed by atoms with E-state index in [9.17, 15) is 14.4 Å². The summed E-state index contributed by atoms with van der Waals surface area (Å²) < 4.78 is 0. The van der Waals surface area contributed by atoms with E-state index in [1.165, 1.54) is 16.7 Å². The van der Waals surface area contributed by atoms with Gasteiger partial charge in [0.25, 0.3) is 11.8 Å². The average molecular weight is 441 g/mol. The highest BCUT2D eigenvalue weighted by Gasteiger charge is 2.34. The first-order valence-electron chi connectivity index (χ1n) is 11.1. The molecule has 1 atom stereocenters. The van der Waals surface area contributed by atoms with Crippen LogP contribution in [0.4, 0.5) is 5.69 Å². The van der Waals surface area contributed by atoms with E-state index in [-0.39, 0.29) is 16.9 Å². The highest BCUT2D eigenvalue weighted by Crippen LogP contribution is 2.36. The number of unbranched alkanes of at least 4 members (excludes halogenated alkanes) is 1. The Morgan fingerprint density at radius 3 is 2.45 bits per heavy atom. The third-order valence-corrected chi connectivity index (χ3v) is 6.89. The molecule has 5 nitrogen and oxygen atoms in total. The number of thioether (sulfide) groups is 1. The van der Waals surface area contributed by atoms with Crippen LogP contribution >= 0.6 is 11.8 Å². The second-order valence-electron chi connectivity index (χ2n) is 8.26. The molecule has 0 saturated heterocycles. The highest BCUT2D eigenvalue weighted by molar-refractivity contribution is 8.13. The van der Waals surface area contributed by atoms with Gasteiger partial charge >= 0.3 is 0 Å². The van der Waals surface area contributed by atoms with Crippen LogP contribution in [0.15, 0.2) is 30.3 Å². The first kappa shape index (κ1) is 23.3. The predicted molar refractivity (Wildman–Crippen MR) is 129 cm³/mol. The number of amides is 2. The lowest BCUT2D eigenvalue weighted by molar-refractivity contribution is -0.109. The number of rotatable bonds is 10. The highest BCUT2D eigenvalue weighted by atomic mass is 32.2. The summed E-state index contributed by atoms with van der Waals surface area (Å²) in [6.45, 7) is 7.04. The SMILES string of the molecule is CCCCC(CC)CN1C(=O)c2cccc3c(N(C)CCSC(C)=O)ccc(c23)C1=O. The minimum Gasteiger partial charge on any atom is -0.373 e. The van der Waals surface area contributed by atoms with E-state index in [1.807, 2.05) is 37.4 Å². The Labute approximate surface area is 189 Å². The fourth-order valence-corrected chi connectivity index (χ4v) is 4.90. The summed E-state index contributed by atoms with van der Waals surface area (Å²) in [5.41, 5.74) is 2.17. The molecule has 1 aliphatic heterocycles. The molecule has 6 heteroatoms. The van der Waals surface area contributed by atoms with Crippen LogP contribution in [0.25, 0.3) is 10.8 Å². The molecule has 0 radical (unpaired) electrons. The maximum absolute atomic E-state index is 13.3. The van der Waals surface area contributed by atoms with E-state index >= 15 is 0 Å². The van der Waals surface area contributed by atoms with Gasteiger partial charge in [-0.3, -0.25) is 19.3 Å². The summed E-state index contributed by atoms with van der Waals surface area (Å²) in [6, 6.07) is 9.50. The van der Waals surface area contributed by atoms with E-state index in [0.29, 0.717) is 35.9 Å². The molecule has 1 heterocycles. The number of hydrogen-bond donors (Lipinski definition) is 0. The first-order valence-corrected chi connectivity index (χ1v) is 12.1. The van der Waals surface area contributed by atoms with Crippen molar-refractivity contribution in [3.63, 3.8) is 0 Å². The standard InChI is InChI=1S/C25H32N2O3S/c1-5-7-9-18(6-2)16-27-24(29)20-11-8-10-19-22(26(4)14-15-31-17(3)28)13-12-21(23(19)20)25(27)30/h8,10-13,18H,5-7,9,14-16H2,1-4H3. The first-order chi connectivity index (χ1) is 14.9. The molecule has 0 spiro atoms. The molecule has 31 heavy (non-hydrogen) atoms. The Kier molecular flexibility index (Phi) is 7.76. The van der Waals surface area contributed by atoms with Crippen LogP contribution in [-0.2, 0) is 4.79 Å². The van der Waals surface area contributed by atoms with Gasteiger partial charge in [-0.05, 0) is 30.5 Å².